The van der Waals surface area contributed by atoms with Crippen LogP contribution in [-0.2, 0) is 33.2 Å². The van der Waals surface area contributed by atoms with Gasteiger partial charge in [0.1, 0.15) is 85.5 Å². The average molecular weight is 635 g/mol. The van der Waals surface area contributed by atoms with Crippen LogP contribution < -0.4 is 0 Å². The standard InChI is InChI=1S/C24H42O19/c1-5-9(27)12(30)15(33)22(37-5)43-20-13(31)10(28)7(3-25)40-24(20)41-18-6(2)38-23(16(34)14(18)32)42-19-11(29)8(4-26)39-21(36)17(19)35/h5-36H,3-4H2,1-2H3/t5-,6-,7-,8-,9+,10+,11+,12+,13+,14-,15-,16-,17-,18+,19+,20-,21-,22-,23-,24+/m1/s1. The van der Waals surface area contributed by atoms with Crippen molar-refractivity contribution in [2.75, 3.05) is 13.2 Å². The van der Waals surface area contributed by atoms with Gasteiger partial charge < -0.3 is 94.4 Å². The fraction of sp³-hybridized carbons (Fsp3) is 1.00. The van der Waals surface area contributed by atoms with Crippen LogP contribution in [0.4, 0.5) is 0 Å². The van der Waals surface area contributed by atoms with E-state index in [1.54, 1.807) is 0 Å². The highest BCUT2D eigenvalue weighted by Crippen LogP contribution is 2.34. The van der Waals surface area contributed by atoms with Crippen LogP contribution in [-0.4, -0.2) is 197 Å². The predicted octanol–water partition coefficient (Wildman–Crippen LogP) is -7.69. The Balaban J connectivity index is 1.49. The molecule has 43 heavy (non-hydrogen) atoms. The normalized spacial score (nSPS) is 54.8. The fourth-order valence-corrected chi connectivity index (χ4v) is 5.44. The van der Waals surface area contributed by atoms with Crippen molar-refractivity contribution in [2.24, 2.45) is 0 Å². The van der Waals surface area contributed by atoms with Crippen molar-refractivity contribution in [3.63, 3.8) is 0 Å². The quantitative estimate of drug-likeness (QED) is 0.118. The van der Waals surface area contributed by atoms with Gasteiger partial charge in [0.15, 0.2) is 25.2 Å². The number of rotatable bonds is 8. The van der Waals surface area contributed by atoms with E-state index in [-0.39, 0.29) is 0 Å². The van der Waals surface area contributed by atoms with E-state index in [2.05, 4.69) is 0 Å². The van der Waals surface area contributed by atoms with Gasteiger partial charge >= 0.3 is 0 Å². The van der Waals surface area contributed by atoms with Gasteiger partial charge in [-0.05, 0) is 13.8 Å². The summed E-state index contributed by atoms with van der Waals surface area (Å²) in [5, 5.41) is 123. The molecule has 19 nitrogen and oxygen atoms in total. The summed E-state index contributed by atoms with van der Waals surface area (Å²) in [5.41, 5.74) is 0. The van der Waals surface area contributed by atoms with E-state index < -0.39 is 136 Å². The Morgan fingerprint density at radius 2 is 0.907 bits per heavy atom. The number of aliphatic hydroxyl groups excluding tert-OH is 12. The average Bonchev–Trinajstić information content (AvgIpc) is 2.98. The van der Waals surface area contributed by atoms with E-state index in [0.29, 0.717) is 0 Å². The van der Waals surface area contributed by atoms with E-state index in [0.717, 1.165) is 0 Å². The van der Waals surface area contributed by atoms with E-state index >= 15 is 0 Å². The maximum atomic E-state index is 11.0. The molecular weight excluding hydrogens is 592 g/mol. The molecule has 4 aliphatic heterocycles. The molecule has 4 heterocycles. The summed E-state index contributed by atoms with van der Waals surface area (Å²) in [4.78, 5) is 0. The Hall–Kier alpha value is -0.760. The van der Waals surface area contributed by atoms with Crippen LogP contribution in [0.5, 0.6) is 0 Å². The Morgan fingerprint density at radius 3 is 1.51 bits per heavy atom. The van der Waals surface area contributed by atoms with Crippen molar-refractivity contribution in [1.29, 1.82) is 0 Å². The molecule has 0 unspecified atom stereocenters. The second-order valence-electron chi connectivity index (χ2n) is 11.1. The summed E-state index contributed by atoms with van der Waals surface area (Å²) in [5.74, 6) is 0. The monoisotopic (exact) mass is 634 g/mol. The minimum absolute atomic E-state index is 0.741. The zero-order valence-corrected chi connectivity index (χ0v) is 23.2. The highest BCUT2D eigenvalue weighted by molar-refractivity contribution is 4.97. The third kappa shape index (κ3) is 7.00. The summed E-state index contributed by atoms with van der Waals surface area (Å²) >= 11 is 0. The van der Waals surface area contributed by atoms with Gasteiger partial charge in [0.2, 0.25) is 0 Å². The van der Waals surface area contributed by atoms with Gasteiger partial charge in [-0.3, -0.25) is 0 Å². The summed E-state index contributed by atoms with van der Waals surface area (Å²) in [6, 6.07) is 0. The second kappa shape index (κ2) is 14.3. The highest BCUT2D eigenvalue weighted by atomic mass is 16.8. The van der Waals surface area contributed by atoms with Crippen LogP contribution >= 0.6 is 0 Å². The summed E-state index contributed by atoms with van der Waals surface area (Å²) in [6.07, 6.45) is -32.5. The SMILES string of the molecule is C[C@H]1O[C@H](O[C@H]2[C@H](O[C@@H]3[C@H](O)[C@@H](O)[C@@H](O[C@@H]4[C@@H](O)[C@H](O)O[C@H](CO)[C@@H]4O)O[C@@H]3C)O[C@H](CO)[C@H](O)[C@@H]2O)[C@H](O)[C@@H](O)[C@H]1O. The lowest BCUT2D eigenvalue weighted by Crippen LogP contribution is -2.67. The summed E-state index contributed by atoms with van der Waals surface area (Å²) in [6.45, 7) is 1.23. The first-order valence-electron chi connectivity index (χ1n) is 13.8. The molecule has 4 fully saturated rings. The van der Waals surface area contributed by atoms with Gasteiger partial charge in [-0.25, -0.2) is 0 Å². The first-order chi connectivity index (χ1) is 20.2. The van der Waals surface area contributed by atoms with Gasteiger partial charge in [-0.15, -0.1) is 0 Å². The Labute approximate surface area is 244 Å². The van der Waals surface area contributed by atoms with E-state index in [4.69, 9.17) is 33.2 Å². The molecule has 0 aliphatic carbocycles. The summed E-state index contributed by atoms with van der Waals surface area (Å²) in [7, 11) is 0. The van der Waals surface area contributed by atoms with Crippen molar-refractivity contribution < 1.29 is 94.4 Å². The van der Waals surface area contributed by atoms with Crippen LogP contribution in [0, 0.1) is 0 Å². The highest BCUT2D eigenvalue weighted by Gasteiger charge is 2.54. The van der Waals surface area contributed by atoms with E-state index in [9.17, 15) is 61.3 Å². The largest absolute Gasteiger partial charge is 0.394 e. The van der Waals surface area contributed by atoms with Crippen molar-refractivity contribution in [1.82, 2.24) is 0 Å². The van der Waals surface area contributed by atoms with E-state index in [1.165, 1.54) is 13.8 Å². The van der Waals surface area contributed by atoms with Crippen LogP contribution in [0.15, 0.2) is 0 Å². The van der Waals surface area contributed by atoms with Crippen LogP contribution in [0.25, 0.3) is 0 Å². The van der Waals surface area contributed by atoms with Crippen LogP contribution in [0.2, 0.25) is 0 Å². The van der Waals surface area contributed by atoms with Crippen molar-refractivity contribution >= 4 is 0 Å². The second-order valence-corrected chi connectivity index (χ2v) is 11.1. The van der Waals surface area contributed by atoms with Crippen molar-refractivity contribution in [3.8, 4) is 0 Å². The Bertz CT molecular complexity index is 886. The molecule has 0 bridgehead atoms. The molecular formula is C24H42O19. The number of ether oxygens (including phenoxy) is 7. The molecule has 19 heteroatoms. The molecule has 0 radical (unpaired) electrons. The molecule has 0 aromatic heterocycles. The van der Waals surface area contributed by atoms with Crippen molar-refractivity contribution in [2.45, 2.75) is 137 Å². The zero-order chi connectivity index (χ0) is 31.9. The smallest absolute Gasteiger partial charge is 0.187 e. The molecule has 252 valence electrons. The van der Waals surface area contributed by atoms with Gasteiger partial charge in [0, 0.05) is 0 Å². The van der Waals surface area contributed by atoms with Gasteiger partial charge in [-0.2, -0.15) is 0 Å². The van der Waals surface area contributed by atoms with Gasteiger partial charge in [0.05, 0.1) is 25.4 Å². The Kier molecular flexibility index (Phi) is 11.7. The minimum atomic E-state index is -1.92. The zero-order valence-electron chi connectivity index (χ0n) is 23.2. The maximum Gasteiger partial charge on any atom is 0.187 e. The first kappa shape index (κ1) is 35.1. The molecule has 4 rings (SSSR count). The van der Waals surface area contributed by atoms with Crippen LogP contribution in [0.3, 0.4) is 0 Å². The molecule has 0 saturated carbocycles. The summed E-state index contributed by atoms with van der Waals surface area (Å²) < 4.78 is 38.4. The van der Waals surface area contributed by atoms with Gasteiger partial charge in [0.25, 0.3) is 0 Å². The molecule has 20 atom stereocenters. The molecule has 0 amide bonds. The number of hydrogen-bond donors (Lipinski definition) is 12. The lowest BCUT2D eigenvalue weighted by atomic mass is 9.96. The fourth-order valence-electron chi connectivity index (χ4n) is 5.44. The molecule has 0 spiro atoms. The Morgan fingerprint density at radius 1 is 0.419 bits per heavy atom. The molecule has 0 aromatic carbocycles. The number of hydrogen-bond acceptors (Lipinski definition) is 19. The number of aliphatic hydroxyl groups is 12. The van der Waals surface area contributed by atoms with E-state index in [1.807, 2.05) is 0 Å². The third-order valence-electron chi connectivity index (χ3n) is 8.12. The molecule has 4 saturated heterocycles. The lowest BCUT2D eigenvalue weighted by molar-refractivity contribution is -0.391. The first-order valence-corrected chi connectivity index (χ1v) is 13.8. The predicted molar refractivity (Wildman–Crippen MR) is 131 cm³/mol. The van der Waals surface area contributed by atoms with Crippen LogP contribution in [0.1, 0.15) is 13.8 Å². The molecule has 4 aliphatic rings. The minimum Gasteiger partial charge on any atom is -0.394 e. The van der Waals surface area contributed by atoms with Crippen molar-refractivity contribution in [3.05, 3.63) is 0 Å². The lowest BCUT2D eigenvalue weighted by Gasteiger charge is -2.49. The third-order valence-corrected chi connectivity index (χ3v) is 8.12. The van der Waals surface area contributed by atoms with Gasteiger partial charge in [-0.1, -0.05) is 0 Å². The maximum absolute atomic E-state index is 11.0. The molecule has 0 aromatic rings. The topological polar surface area (TPSA) is 307 Å². The molecule has 12 N–H and O–H groups in total.